The average molecular weight is 329 g/mol. The van der Waals surface area contributed by atoms with E-state index in [0.717, 1.165) is 50.3 Å². The molecule has 8 nitrogen and oxygen atoms in total. The molecule has 0 aromatic carbocycles. The Morgan fingerprint density at radius 2 is 2.21 bits per heavy atom. The molecule has 3 heterocycles. The lowest BCUT2D eigenvalue weighted by molar-refractivity contribution is -0.0251. The molecule has 2 aromatic rings. The minimum Gasteiger partial charge on any atom is -0.374 e. The average Bonchev–Trinajstić information content (AvgIpc) is 3.40. The van der Waals surface area contributed by atoms with Crippen LogP contribution in [0.15, 0.2) is 18.3 Å². The molecule has 2 aromatic heterocycles. The molecule has 1 saturated carbocycles. The van der Waals surface area contributed by atoms with Crippen molar-refractivity contribution in [3.63, 3.8) is 0 Å². The summed E-state index contributed by atoms with van der Waals surface area (Å²) >= 11 is 0. The van der Waals surface area contributed by atoms with E-state index in [1.165, 1.54) is 12.8 Å². The Hall–Kier alpha value is -2.06. The summed E-state index contributed by atoms with van der Waals surface area (Å²) in [5, 5.41) is 19.9. The van der Waals surface area contributed by atoms with Gasteiger partial charge in [-0.15, -0.1) is 15.3 Å². The summed E-state index contributed by atoms with van der Waals surface area (Å²) in [6, 6.07) is 3.78. The second-order valence-corrected chi connectivity index (χ2v) is 6.53. The standard InChI is InChI=1S/C16H23N7O/c1-22-15(20-21-16(22)12-4-5-12)11-23-7-8-24-13(10-23)9-17-14-3-2-6-18-19-14/h2-3,6,12-13H,4-5,7-11H2,1H3,(H,17,19)/t13-/m1/s1. The van der Waals surface area contributed by atoms with Gasteiger partial charge in [-0.1, -0.05) is 0 Å². The summed E-state index contributed by atoms with van der Waals surface area (Å²) in [6.45, 7) is 4.08. The number of hydrogen-bond donors (Lipinski definition) is 1. The number of hydrogen-bond acceptors (Lipinski definition) is 7. The van der Waals surface area contributed by atoms with E-state index in [2.05, 4.69) is 42.2 Å². The first-order chi connectivity index (χ1) is 11.8. The Bertz CT molecular complexity index is 670. The monoisotopic (exact) mass is 329 g/mol. The largest absolute Gasteiger partial charge is 0.374 e. The van der Waals surface area contributed by atoms with Gasteiger partial charge in [0.15, 0.2) is 0 Å². The predicted octanol–water partition coefficient (Wildman–Crippen LogP) is 0.795. The van der Waals surface area contributed by atoms with E-state index < -0.39 is 0 Å². The highest BCUT2D eigenvalue weighted by atomic mass is 16.5. The molecule has 0 radical (unpaired) electrons. The van der Waals surface area contributed by atoms with Crippen molar-refractivity contribution in [1.82, 2.24) is 29.9 Å². The zero-order chi connectivity index (χ0) is 16.4. The van der Waals surface area contributed by atoms with Crippen LogP contribution >= 0.6 is 0 Å². The fourth-order valence-corrected chi connectivity index (χ4v) is 3.07. The Morgan fingerprint density at radius 3 is 3.00 bits per heavy atom. The van der Waals surface area contributed by atoms with Gasteiger partial charge in [-0.05, 0) is 25.0 Å². The third kappa shape index (κ3) is 3.54. The van der Waals surface area contributed by atoms with Crippen LogP contribution in [-0.4, -0.2) is 62.2 Å². The fourth-order valence-electron chi connectivity index (χ4n) is 3.07. The van der Waals surface area contributed by atoms with Crippen LogP contribution < -0.4 is 5.32 Å². The van der Waals surface area contributed by atoms with Gasteiger partial charge in [-0.3, -0.25) is 4.90 Å². The van der Waals surface area contributed by atoms with Crippen molar-refractivity contribution in [2.75, 3.05) is 31.6 Å². The van der Waals surface area contributed by atoms with Crippen LogP contribution in [-0.2, 0) is 18.3 Å². The Morgan fingerprint density at radius 1 is 1.29 bits per heavy atom. The molecule has 0 spiro atoms. The lowest BCUT2D eigenvalue weighted by Crippen LogP contribution is -2.45. The zero-order valence-corrected chi connectivity index (χ0v) is 13.9. The van der Waals surface area contributed by atoms with Crippen molar-refractivity contribution in [2.45, 2.75) is 31.4 Å². The lowest BCUT2D eigenvalue weighted by atomic mass is 10.2. The topological polar surface area (TPSA) is 81.0 Å². The third-order valence-corrected chi connectivity index (χ3v) is 4.61. The number of rotatable bonds is 6. The van der Waals surface area contributed by atoms with E-state index in [-0.39, 0.29) is 6.10 Å². The van der Waals surface area contributed by atoms with Gasteiger partial charge in [-0.25, -0.2) is 0 Å². The van der Waals surface area contributed by atoms with Crippen LogP contribution in [0.5, 0.6) is 0 Å². The molecule has 4 rings (SSSR count). The summed E-state index contributed by atoms with van der Waals surface area (Å²) in [7, 11) is 2.08. The van der Waals surface area contributed by atoms with E-state index in [9.17, 15) is 0 Å². The molecule has 8 heteroatoms. The van der Waals surface area contributed by atoms with Gasteiger partial charge in [0.2, 0.25) is 0 Å². The first-order valence-electron chi connectivity index (χ1n) is 8.53. The molecule has 2 aliphatic rings. The highest BCUT2D eigenvalue weighted by Gasteiger charge is 2.30. The van der Waals surface area contributed by atoms with Gasteiger partial charge < -0.3 is 14.6 Å². The van der Waals surface area contributed by atoms with E-state index in [1.807, 2.05) is 12.1 Å². The zero-order valence-electron chi connectivity index (χ0n) is 13.9. The first-order valence-corrected chi connectivity index (χ1v) is 8.53. The van der Waals surface area contributed by atoms with Gasteiger partial charge in [-0.2, -0.15) is 5.10 Å². The third-order valence-electron chi connectivity index (χ3n) is 4.61. The second-order valence-electron chi connectivity index (χ2n) is 6.53. The normalized spacial score (nSPS) is 21.8. The van der Waals surface area contributed by atoms with Gasteiger partial charge in [0, 0.05) is 38.8 Å². The molecule has 0 amide bonds. The quantitative estimate of drug-likeness (QED) is 0.839. The Kier molecular flexibility index (Phi) is 4.40. The molecule has 24 heavy (non-hydrogen) atoms. The van der Waals surface area contributed by atoms with Crippen molar-refractivity contribution in [1.29, 1.82) is 0 Å². The molecule has 0 unspecified atom stereocenters. The van der Waals surface area contributed by atoms with Crippen LogP contribution in [0, 0.1) is 0 Å². The van der Waals surface area contributed by atoms with E-state index >= 15 is 0 Å². The Labute approximate surface area is 141 Å². The molecule has 1 aliphatic heterocycles. The number of nitrogens with zero attached hydrogens (tertiary/aromatic N) is 6. The van der Waals surface area contributed by atoms with E-state index in [1.54, 1.807) is 6.20 Å². The van der Waals surface area contributed by atoms with Crippen LogP contribution in [0.2, 0.25) is 0 Å². The minimum atomic E-state index is 0.136. The summed E-state index contributed by atoms with van der Waals surface area (Å²) < 4.78 is 8.02. The number of aromatic nitrogens is 5. The molecule has 0 bridgehead atoms. The molecule has 1 N–H and O–H groups in total. The molecule has 1 atom stereocenters. The van der Waals surface area contributed by atoms with Crippen LogP contribution in [0.3, 0.4) is 0 Å². The summed E-state index contributed by atoms with van der Waals surface area (Å²) in [6.07, 6.45) is 4.30. The molecular weight excluding hydrogens is 306 g/mol. The maximum atomic E-state index is 5.86. The van der Waals surface area contributed by atoms with Crippen LogP contribution in [0.25, 0.3) is 0 Å². The summed E-state index contributed by atoms with van der Waals surface area (Å²) in [5.74, 6) is 3.59. The molecule has 128 valence electrons. The SMILES string of the molecule is Cn1c(CN2CCO[C@H](CNc3cccnn3)C2)nnc1C1CC1. The van der Waals surface area contributed by atoms with Crippen molar-refractivity contribution < 1.29 is 4.74 Å². The minimum absolute atomic E-state index is 0.136. The van der Waals surface area contributed by atoms with Crippen molar-refractivity contribution in [3.8, 4) is 0 Å². The Balaban J connectivity index is 1.31. The van der Waals surface area contributed by atoms with Gasteiger partial charge in [0.1, 0.15) is 17.5 Å². The molecule has 1 saturated heterocycles. The number of nitrogens with one attached hydrogen (secondary N) is 1. The number of anilines is 1. The maximum Gasteiger partial charge on any atom is 0.148 e. The summed E-state index contributed by atoms with van der Waals surface area (Å²) in [4.78, 5) is 2.38. The molecule has 2 fully saturated rings. The second kappa shape index (κ2) is 6.82. The lowest BCUT2D eigenvalue weighted by Gasteiger charge is -2.32. The van der Waals surface area contributed by atoms with Gasteiger partial charge in [0.25, 0.3) is 0 Å². The van der Waals surface area contributed by atoms with E-state index in [4.69, 9.17) is 4.74 Å². The highest BCUT2D eigenvalue weighted by molar-refractivity contribution is 5.31. The smallest absolute Gasteiger partial charge is 0.148 e. The predicted molar refractivity (Wildman–Crippen MR) is 88.5 cm³/mol. The van der Waals surface area contributed by atoms with Crippen molar-refractivity contribution in [3.05, 3.63) is 30.0 Å². The molecular formula is C16H23N7O. The fraction of sp³-hybridized carbons (Fsp3) is 0.625. The number of ether oxygens (including phenoxy) is 1. The van der Waals surface area contributed by atoms with Crippen molar-refractivity contribution in [2.24, 2.45) is 7.05 Å². The van der Waals surface area contributed by atoms with Gasteiger partial charge >= 0.3 is 0 Å². The number of morpholine rings is 1. The van der Waals surface area contributed by atoms with Crippen LogP contribution in [0.1, 0.15) is 30.4 Å². The van der Waals surface area contributed by atoms with E-state index in [0.29, 0.717) is 5.92 Å². The first kappa shape index (κ1) is 15.5. The highest BCUT2D eigenvalue weighted by Crippen LogP contribution is 2.38. The summed E-state index contributed by atoms with van der Waals surface area (Å²) in [5.41, 5.74) is 0. The molecule has 1 aliphatic carbocycles. The van der Waals surface area contributed by atoms with Crippen molar-refractivity contribution >= 4 is 5.82 Å². The van der Waals surface area contributed by atoms with Crippen LogP contribution in [0.4, 0.5) is 5.82 Å². The van der Waals surface area contributed by atoms with Gasteiger partial charge in [0.05, 0.1) is 19.3 Å². The maximum absolute atomic E-state index is 5.86.